The third kappa shape index (κ3) is 6.45. The SMILES string of the molecule is Cc1cc(C)c(O)c([C@@H](CC(=O)O)NC(=O)CNC(=O)c2cccc(NC3=NCCN3)c2)c1. The average Bonchev–Trinajstić information content (AvgIpc) is 3.27. The number of aliphatic carboxylic acids is 1. The lowest BCUT2D eigenvalue weighted by Crippen LogP contribution is -2.39. The molecule has 0 saturated heterocycles. The van der Waals surface area contributed by atoms with E-state index >= 15 is 0 Å². The van der Waals surface area contributed by atoms with Gasteiger partial charge in [-0.25, -0.2) is 0 Å². The zero-order valence-electron chi connectivity index (χ0n) is 18.4. The number of carbonyl (C=O) groups is 3. The van der Waals surface area contributed by atoms with Crippen molar-refractivity contribution in [2.45, 2.75) is 26.3 Å². The summed E-state index contributed by atoms with van der Waals surface area (Å²) in [6.07, 6.45) is -0.415. The molecular weight excluding hydrogens is 426 g/mol. The largest absolute Gasteiger partial charge is 0.507 e. The van der Waals surface area contributed by atoms with E-state index in [1.807, 2.05) is 6.92 Å². The normalized spacial score (nSPS) is 13.5. The molecule has 3 rings (SSSR count). The maximum atomic E-state index is 12.5. The smallest absolute Gasteiger partial charge is 0.305 e. The first-order valence-electron chi connectivity index (χ1n) is 10.5. The van der Waals surface area contributed by atoms with Crippen molar-refractivity contribution in [2.24, 2.45) is 4.99 Å². The Morgan fingerprint density at radius 2 is 1.97 bits per heavy atom. The van der Waals surface area contributed by atoms with Crippen molar-refractivity contribution in [3.63, 3.8) is 0 Å². The zero-order valence-corrected chi connectivity index (χ0v) is 18.4. The number of phenolic OH excluding ortho intramolecular Hbond substituents is 1. The standard InChI is InChI=1S/C23H27N5O5/c1-13-8-14(2)21(32)17(9-13)18(11-20(30)31)28-19(29)12-26-22(33)15-4-3-5-16(10-15)27-23-24-6-7-25-23/h3-5,8-10,18,32H,6-7,11-12H2,1-2H3,(H,26,33)(H,28,29)(H,30,31)(H2,24,25,27)/t18-/m1/s1. The number of aliphatic imine (C=N–C) groups is 1. The summed E-state index contributed by atoms with van der Waals surface area (Å²) in [5, 5.41) is 30.9. The first-order chi connectivity index (χ1) is 15.7. The molecule has 0 unspecified atom stereocenters. The van der Waals surface area contributed by atoms with Gasteiger partial charge in [-0.2, -0.15) is 0 Å². The fourth-order valence-corrected chi connectivity index (χ4v) is 3.54. The van der Waals surface area contributed by atoms with Gasteiger partial charge in [0.15, 0.2) is 5.96 Å². The van der Waals surface area contributed by atoms with Crippen molar-refractivity contribution < 1.29 is 24.6 Å². The molecule has 0 aliphatic carbocycles. The molecule has 1 aliphatic heterocycles. The molecule has 0 radical (unpaired) electrons. The lowest BCUT2D eigenvalue weighted by molar-refractivity contribution is -0.137. The minimum absolute atomic E-state index is 0.0677. The maximum absolute atomic E-state index is 12.5. The van der Waals surface area contributed by atoms with Crippen LogP contribution in [0.4, 0.5) is 5.69 Å². The second-order valence-corrected chi connectivity index (χ2v) is 7.78. The lowest BCUT2D eigenvalue weighted by Gasteiger charge is -2.20. The number of amides is 2. The molecule has 0 saturated carbocycles. The predicted molar refractivity (Wildman–Crippen MR) is 123 cm³/mol. The summed E-state index contributed by atoms with van der Waals surface area (Å²) in [6.45, 7) is 4.59. The quantitative estimate of drug-likeness (QED) is 0.354. The van der Waals surface area contributed by atoms with E-state index in [1.54, 1.807) is 43.3 Å². The van der Waals surface area contributed by atoms with Crippen LogP contribution in [0.15, 0.2) is 41.4 Å². The maximum Gasteiger partial charge on any atom is 0.305 e. The zero-order chi connectivity index (χ0) is 24.0. The second-order valence-electron chi connectivity index (χ2n) is 7.78. The van der Waals surface area contributed by atoms with Gasteiger partial charge >= 0.3 is 5.97 Å². The highest BCUT2D eigenvalue weighted by Gasteiger charge is 2.22. The second kappa shape index (κ2) is 10.5. The number of carbonyl (C=O) groups excluding carboxylic acids is 2. The Balaban J connectivity index is 1.63. The van der Waals surface area contributed by atoms with E-state index in [2.05, 4.69) is 26.3 Å². The predicted octanol–water partition coefficient (Wildman–Crippen LogP) is 1.44. The van der Waals surface area contributed by atoms with E-state index in [1.165, 1.54) is 0 Å². The topological polar surface area (TPSA) is 152 Å². The summed E-state index contributed by atoms with van der Waals surface area (Å²) < 4.78 is 0. The highest BCUT2D eigenvalue weighted by molar-refractivity contribution is 5.99. The minimum atomic E-state index is -1.13. The number of rotatable bonds is 8. The van der Waals surface area contributed by atoms with Gasteiger partial charge in [0, 0.05) is 23.4 Å². The molecule has 0 fully saturated rings. The number of nitrogens with zero attached hydrogens (tertiary/aromatic N) is 1. The molecule has 33 heavy (non-hydrogen) atoms. The molecule has 0 bridgehead atoms. The minimum Gasteiger partial charge on any atom is -0.507 e. The fraction of sp³-hybridized carbons (Fsp3) is 0.304. The van der Waals surface area contributed by atoms with Crippen LogP contribution in [0.25, 0.3) is 0 Å². The number of carboxylic acid groups (broad SMARTS) is 1. The van der Waals surface area contributed by atoms with Crippen LogP contribution in [-0.2, 0) is 9.59 Å². The summed E-state index contributed by atoms with van der Waals surface area (Å²) in [4.78, 5) is 40.6. The molecule has 1 aliphatic rings. The first-order valence-corrected chi connectivity index (χ1v) is 10.5. The lowest BCUT2D eigenvalue weighted by atomic mass is 9.97. The molecule has 1 atom stereocenters. The van der Waals surface area contributed by atoms with Gasteiger partial charge in [-0.15, -0.1) is 0 Å². The molecule has 10 heteroatoms. The van der Waals surface area contributed by atoms with E-state index in [4.69, 9.17) is 0 Å². The van der Waals surface area contributed by atoms with Crippen molar-refractivity contribution in [3.05, 3.63) is 58.7 Å². The number of nitrogens with one attached hydrogen (secondary N) is 4. The Labute approximate surface area is 191 Å². The van der Waals surface area contributed by atoms with Crippen LogP contribution in [0.1, 0.15) is 39.5 Å². The number of aromatic hydroxyl groups is 1. The van der Waals surface area contributed by atoms with E-state index in [0.717, 1.165) is 12.1 Å². The Kier molecular flexibility index (Phi) is 7.50. The van der Waals surface area contributed by atoms with Crippen LogP contribution in [0.2, 0.25) is 0 Å². The van der Waals surface area contributed by atoms with Crippen LogP contribution < -0.4 is 21.3 Å². The summed E-state index contributed by atoms with van der Waals surface area (Å²) in [6, 6.07) is 9.20. The van der Waals surface area contributed by atoms with Crippen LogP contribution in [0.3, 0.4) is 0 Å². The number of benzene rings is 2. The Morgan fingerprint density at radius 1 is 1.18 bits per heavy atom. The Morgan fingerprint density at radius 3 is 2.67 bits per heavy atom. The van der Waals surface area contributed by atoms with Crippen LogP contribution in [0, 0.1) is 13.8 Å². The van der Waals surface area contributed by atoms with Gasteiger partial charge in [0.25, 0.3) is 5.91 Å². The molecule has 0 aromatic heterocycles. The number of phenols is 1. The van der Waals surface area contributed by atoms with Gasteiger partial charge in [-0.05, 0) is 37.6 Å². The monoisotopic (exact) mass is 453 g/mol. The van der Waals surface area contributed by atoms with E-state index in [0.29, 0.717) is 34.9 Å². The third-order valence-electron chi connectivity index (χ3n) is 5.03. The summed E-state index contributed by atoms with van der Waals surface area (Å²) in [5.41, 5.74) is 2.74. The molecule has 0 spiro atoms. The average molecular weight is 453 g/mol. The van der Waals surface area contributed by atoms with Gasteiger partial charge in [0.1, 0.15) is 5.75 Å². The number of carboxylic acids is 1. The molecule has 6 N–H and O–H groups in total. The highest BCUT2D eigenvalue weighted by atomic mass is 16.4. The third-order valence-corrected chi connectivity index (χ3v) is 5.03. The van der Waals surface area contributed by atoms with E-state index in [-0.39, 0.29) is 12.3 Å². The highest BCUT2D eigenvalue weighted by Crippen LogP contribution is 2.31. The van der Waals surface area contributed by atoms with Gasteiger partial charge < -0.3 is 31.5 Å². The van der Waals surface area contributed by atoms with Gasteiger partial charge in [0.2, 0.25) is 5.91 Å². The number of aryl methyl sites for hydroxylation is 2. The van der Waals surface area contributed by atoms with Gasteiger partial charge in [-0.3, -0.25) is 19.4 Å². The molecule has 1 heterocycles. The molecule has 2 aromatic carbocycles. The molecule has 174 valence electrons. The van der Waals surface area contributed by atoms with Crippen LogP contribution in [0.5, 0.6) is 5.75 Å². The van der Waals surface area contributed by atoms with Crippen molar-refractivity contribution >= 4 is 29.4 Å². The van der Waals surface area contributed by atoms with Crippen molar-refractivity contribution in [1.82, 2.24) is 16.0 Å². The van der Waals surface area contributed by atoms with E-state index < -0.39 is 30.2 Å². The van der Waals surface area contributed by atoms with E-state index in [9.17, 15) is 24.6 Å². The van der Waals surface area contributed by atoms with Crippen LogP contribution >= 0.6 is 0 Å². The first kappa shape index (κ1) is 23.6. The molecule has 2 aromatic rings. The number of guanidine groups is 1. The molecule has 2 amide bonds. The van der Waals surface area contributed by atoms with Gasteiger partial charge in [-0.1, -0.05) is 23.8 Å². The summed E-state index contributed by atoms with van der Waals surface area (Å²) >= 11 is 0. The summed E-state index contributed by atoms with van der Waals surface area (Å²) in [7, 11) is 0. The molecular formula is C23H27N5O5. The fourth-order valence-electron chi connectivity index (χ4n) is 3.54. The van der Waals surface area contributed by atoms with Crippen molar-refractivity contribution in [2.75, 3.05) is 25.0 Å². The summed E-state index contributed by atoms with van der Waals surface area (Å²) in [5.74, 6) is -1.60. The Bertz CT molecular complexity index is 1100. The number of hydrogen-bond donors (Lipinski definition) is 6. The van der Waals surface area contributed by atoms with Crippen LogP contribution in [-0.4, -0.2) is 53.6 Å². The number of hydrogen-bond acceptors (Lipinski definition) is 7. The number of anilines is 1. The van der Waals surface area contributed by atoms with Gasteiger partial charge in [0.05, 0.1) is 25.6 Å². The van der Waals surface area contributed by atoms with Crippen molar-refractivity contribution in [3.8, 4) is 5.75 Å². The molecule has 10 nitrogen and oxygen atoms in total. The Hall–Kier alpha value is -4.08. The van der Waals surface area contributed by atoms with Crippen molar-refractivity contribution in [1.29, 1.82) is 0 Å².